The minimum absolute atomic E-state index is 0.0441. The molecule has 0 aliphatic rings. The molecular formula is C21H17N5O7S2. The molecule has 0 atom stereocenters. The third-order valence-corrected chi connectivity index (χ3v) is 6.12. The predicted molar refractivity (Wildman–Crippen MR) is 125 cm³/mol. The van der Waals surface area contributed by atoms with Gasteiger partial charge in [-0.3, -0.25) is 9.11 Å². The summed E-state index contributed by atoms with van der Waals surface area (Å²) in [7, 11) is -8.68. The van der Waals surface area contributed by atoms with Crippen LogP contribution in [0.1, 0.15) is 0 Å². The van der Waals surface area contributed by atoms with Gasteiger partial charge in [-0.25, -0.2) is 0 Å². The summed E-state index contributed by atoms with van der Waals surface area (Å²) < 4.78 is 68.9. The van der Waals surface area contributed by atoms with Gasteiger partial charge in [0.25, 0.3) is 20.2 Å². The lowest BCUT2D eigenvalue weighted by molar-refractivity contribution is 0.441. The van der Waals surface area contributed by atoms with Crippen molar-refractivity contribution in [3.8, 4) is 11.8 Å². The van der Waals surface area contributed by atoms with Crippen LogP contribution in [-0.2, 0) is 20.2 Å². The third-order valence-electron chi connectivity index (χ3n) is 4.38. The van der Waals surface area contributed by atoms with Gasteiger partial charge in [-0.15, -0.1) is 0 Å². The third kappa shape index (κ3) is 6.48. The molecule has 0 aliphatic heterocycles. The fourth-order valence-electron chi connectivity index (χ4n) is 2.79. The van der Waals surface area contributed by atoms with E-state index >= 15 is 0 Å². The molecule has 0 amide bonds. The minimum atomic E-state index is -4.34. The molecule has 4 N–H and O–H groups in total. The van der Waals surface area contributed by atoms with Crippen molar-refractivity contribution in [3.63, 3.8) is 0 Å². The Hall–Kier alpha value is -4.11. The highest BCUT2D eigenvalue weighted by molar-refractivity contribution is 7.86. The molecule has 14 heteroatoms. The Labute approximate surface area is 200 Å². The van der Waals surface area contributed by atoms with Crippen LogP contribution in [0.5, 0.6) is 11.8 Å². The van der Waals surface area contributed by atoms with E-state index in [1.54, 1.807) is 24.3 Å². The van der Waals surface area contributed by atoms with Gasteiger partial charge in [0.2, 0.25) is 11.9 Å². The first-order valence-electron chi connectivity index (χ1n) is 9.74. The van der Waals surface area contributed by atoms with Crippen molar-refractivity contribution in [1.29, 1.82) is 0 Å². The molecule has 4 rings (SSSR count). The van der Waals surface area contributed by atoms with Gasteiger partial charge in [0.05, 0.1) is 9.79 Å². The van der Waals surface area contributed by atoms with Crippen molar-refractivity contribution in [1.82, 2.24) is 15.0 Å². The number of hydrogen-bond donors (Lipinski definition) is 4. The Balaban J connectivity index is 1.63. The maximum absolute atomic E-state index is 11.2. The second-order valence-corrected chi connectivity index (χ2v) is 9.77. The molecule has 0 bridgehead atoms. The zero-order valence-electron chi connectivity index (χ0n) is 17.6. The van der Waals surface area contributed by atoms with Gasteiger partial charge in [0, 0.05) is 11.4 Å². The summed E-state index contributed by atoms with van der Waals surface area (Å²) >= 11 is 0. The first kappa shape index (κ1) is 24.0. The first-order valence-corrected chi connectivity index (χ1v) is 12.6. The van der Waals surface area contributed by atoms with Crippen LogP contribution in [0.25, 0.3) is 0 Å². The van der Waals surface area contributed by atoms with Crippen molar-refractivity contribution < 1.29 is 30.7 Å². The summed E-state index contributed by atoms with van der Waals surface area (Å²) in [5, 5.41) is 5.79. The number of nitrogens with zero attached hydrogens (tertiary/aromatic N) is 3. The van der Waals surface area contributed by atoms with Crippen molar-refractivity contribution in [2.75, 3.05) is 10.6 Å². The van der Waals surface area contributed by atoms with Gasteiger partial charge in [0.1, 0.15) is 5.75 Å². The van der Waals surface area contributed by atoms with E-state index in [-0.39, 0.29) is 27.7 Å². The molecule has 12 nitrogen and oxygen atoms in total. The van der Waals surface area contributed by atoms with Crippen LogP contribution in [0.2, 0.25) is 0 Å². The van der Waals surface area contributed by atoms with E-state index < -0.39 is 20.2 Å². The van der Waals surface area contributed by atoms with Gasteiger partial charge in [0.15, 0.2) is 0 Å². The van der Waals surface area contributed by atoms with Gasteiger partial charge in [-0.1, -0.05) is 18.2 Å². The molecule has 1 heterocycles. The lowest BCUT2D eigenvalue weighted by atomic mass is 10.3. The second-order valence-electron chi connectivity index (χ2n) is 6.93. The Morgan fingerprint density at radius 2 is 1.03 bits per heavy atom. The van der Waals surface area contributed by atoms with E-state index in [1.165, 1.54) is 48.5 Å². The highest BCUT2D eigenvalue weighted by atomic mass is 32.2. The van der Waals surface area contributed by atoms with Crippen LogP contribution in [-0.4, -0.2) is 40.9 Å². The molecular weight excluding hydrogens is 498 g/mol. The maximum atomic E-state index is 11.2. The molecule has 0 saturated heterocycles. The molecule has 1 aromatic heterocycles. The van der Waals surface area contributed by atoms with E-state index in [0.717, 1.165) is 0 Å². The lowest BCUT2D eigenvalue weighted by Gasteiger charge is -2.11. The van der Waals surface area contributed by atoms with Crippen LogP contribution >= 0.6 is 0 Å². The van der Waals surface area contributed by atoms with Crippen LogP contribution in [0.3, 0.4) is 0 Å². The standard InChI is InChI=1S/C21H17N5O7S2/c27-34(28,29)17-10-6-14(7-11-17)22-19-24-20(23-15-8-12-18(13-9-15)35(30,31)32)26-21(25-19)33-16-4-2-1-3-5-16/h1-13H,(H,27,28,29)(H,30,31,32)(H2,22,23,24,25,26). The number of rotatable bonds is 8. The number of aromatic nitrogens is 3. The zero-order chi connectivity index (χ0) is 25.1. The molecule has 4 aromatic rings. The summed E-state index contributed by atoms with van der Waals surface area (Å²) in [4.78, 5) is 12.1. The number of para-hydroxylation sites is 1. The van der Waals surface area contributed by atoms with Crippen LogP contribution in [0, 0.1) is 0 Å². The first-order chi connectivity index (χ1) is 16.6. The van der Waals surface area contributed by atoms with E-state index in [4.69, 9.17) is 13.8 Å². The topological polar surface area (TPSA) is 181 Å². The molecule has 0 radical (unpaired) electrons. The summed E-state index contributed by atoms with van der Waals surface area (Å²) in [5.41, 5.74) is 0.829. The molecule has 0 spiro atoms. The molecule has 180 valence electrons. The highest BCUT2D eigenvalue weighted by Crippen LogP contribution is 2.24. The summed E-state index contributed by atoms with van der Waals surface area (Å²) in [6, 6.07) is 19.1. The Bertz CT molecular complexity index is 1450. The van der Waals surface area contributed by atoms with Crippen LogP contribution < -0.4 is 15.4 Å². The fraction of sp³-hybridized carbons (Fsp3) is 0. The monoisotopic (exact) mass is 515 g/mol. The van der Waals surface area contributed by atoms with Gasteiger partial charge >= 0.3 is 6.01 Å². The zero-order valence-corrected chi connectivity index (χ0v) is 19.2. The number of nitrogens with one attached hydrogen (secondary N) is 2. The normalized spacial score (nSPS) is 11.6. The smallest absolute Gasteiger partial charge is 0.328 e. The van der Waals surface area contributed by atoms with Crippen LogP contribution in [0.4, 0.5) is 23.3 Å². The van der Waals surface area contributed by atoms with Crippen molar-refractivity contribution >= 4 is 43.5 Å². The average molecular weight is 516 g/mol. The summed E-state index contributed by atoms with van der Waals surface area (Å²) in [5.74, 6) is 0.552. The predicted octanol–water partition coefficient (Wildman–Crippen LogP) is 3.64. The van der Waals surface area contributed by atoms with Crippen LogP contribution in [0.15, 0.2) is 88.7 Å². The largest absolute Gasteiger partial charge is 0.424 e. The van der Waals surface area contributed by atoms with Gasteiger partial charge in [-0.2, -0.15) is 31.8 Å². The SMILES string of the molecule is O=S(=O)(O)c1ccc(Nc2nc(Nc3ccc(S(=O)(=O)O)cc3)nc(Oc3ccccc3)n2)cc1. The molecule has 0 saturated carbocycles. The minimum Gasteiger partial charge on any atom is -0.424 e. The van der Waals surface area contributed by atoms with Crippen molar-refractivity contribution in [2.45, 2.75) is 9.79 Å². The fourth-order valence-corrected chi connectivity index (χ4v) is 3.75. The van der Waals surface area contributed by atoms with Crippen molar-refractivity contribution in [3.05, 3.63) is 78.9 Å². The van der Waals surface area contributed by atoms with Crippen molar-refractivity contribution in [2.24, 2.45) is 0 Å². The van der Waals surface area contributed by atoms with E-state index in [1.807, 2.05) is 6.07 Å². The quantitative estimate of drug-likeness (QED) is 0.250. The van der Waals surface area contributed by atoms with E-state index in [0.29, 0.717) is 17.1 Å². The Morgan fingerprint density at radius 1 is 0.600 bits per heavy atom. The summed E-state index contributed by atoms with van der Waals surface area (Å²) in [6.45, 7) is 0. The number of anilines is 4. The highest BCUT2D eigenvalue weighted by Gasteiger charge is 2.13. The number of ether oxygens (including phenoxy) is 1. The summed E-state index contributed by atoms with van der Waals surface area (Å²) in [6.07, 6.45) is 0. The molecule has 35 heavy (non-hydrogen) atoms. The maximum Gasteiger partial charge on any atom is 0.328 e. The molecule has 0 fully saturated rings. The number of benzene rings is 3. The van der Waals surface area contributed by atoms with E-state index in [2.05, 4.69) is 25.6 Å². The molecule has 0 aliphatic carbocycles. The lowest BCUT2D eigenvalue weighted by Crippen LogP contribution is -2.06. The van der Waals surface area contributed by atoms with Gasteiger partial charge in [-0.05, 0) is 60.7 Å². The van der Waals surface area contributed by atoms with E-state index in [9.17, 15) is 16.8 Å². The Morgan fingerprint density at radius 3 is 1.43 bits per heavy atom. The molecule has 0 unspecified atom stereocenters. The molecule has 3 aromatic carbocycles. The van der Waals surface area contributed by atoms with Gasteiger partial charge < -0.3 is 15.4 Å². The number of hydrogen-bond acceptors (Lipinski definition) is 10. The Kier molecular flexibility index (Phi) is 6.61. The second kappa shape index (κ2) is 9.63. The average Bonchev–Trinajstić information content (AvgIpc) is 2.79.